The third-order valence-corrected chi connectivity index (χ3v) is 4.79. The van der Waals surface area contributed by atoms with Crippen LogP contribution in [0.15, 0.2) is 53.6 Å². The Morgan fingerprint density at radius 3 is 2.68 bits per heavy atom. The van der Waals surface area contributed by atoms with Crippen LogP contribution in [0.3, 0.4) is 0 Å². The summed E-state index contributed by atoms with van der Waals surface area (Å²) in [5.41, 5.74) is 7.26. The highest BCUT2D eigenvalue weighted by molar-refractivity contribution is 5.95. The van der Waals surface area contributed by atoms with Gasteiger partial charge in [0, 0.05) is 23.9 Å². The van der Waals surface area contributed by atoms with Crippen molar-refractivity contribution < 1.29 is 4.79 Å². The van der Waals surface area contributed by atoms with Gasteiger partial charge >= 0.3 is 0 Å². The topological polar surface area (TPSA) is 88.0 Å². The highest BCUT2D eigenvalue weighted by atomic mass is 16.2. The molecule has 7 heteroatoms. The number of hydrogen-bond acceptors (Lipinski definition) is 4. The van der Waals surface area contributed by atoms with E-state index in [0.717, 1.165) is 33.3 Å². The predicted molar refractivity (Wildman–Crippen MR) is 109 cm³/mol. The molecule has 0 saturated heterocycles. The van der Waals surface area contributed by atoms with E-state index in [2.05, 4.69) is 44.0 Å². The van der Waals surface area contributed by atoms with E-state index < -0.39 is 0 Å². The molecule has 140 valence electrons. The Bertz CT molecular complexity index is 1200. The maximum absolute atomic E-state index is 12.4. The smallest absolute Gasteiger partial charge is 0.272 e. The van der Waals surface area contributed by atoms with Gasteiger partial charge in [0.2, 0.25) is 0 Å². The first-order chi connectivity index (χ1) is 13.5. The minimum absolute atomic E-state index is 0.347. The Morgan fingerprint density at radius 1 is 1.14 bits per heavy atom. The van der Waals surface area contributed by atoms with E-state index in [0.29, 0.717) is 11.4 Å². The summed E-state index contributed by atoms with van der Waals surface area (Å²) in [5, 5.41) is 17.7. The summed E-state index contributed by atoms with van der Waals surface area (Å²) in [5.74, 6) is -0.352. The summed E-state index contributed by atoms with van der Waals surface area (Å²) in [6.45, 7) is 3.86. The number of carbonyl (C=O) groups is 1. The number of rotatable bonds is 4. The lowest BCUT2D eigenvalue weighted by molar-refractivity contribution is 0.0950. The number of aromatic amines is 1. The Balaban J connectivity index is 1.50. The van der Waals surface area contributed by atoms with Crippen LogP contribution in [0.25, 0.3) is 22.0 Å². The number of hydrogen-bond donors (Lipinski definition) is 2. The lowest BCUT2D eigenvalue weighted by atomic mass is 10.1. The number of aromatic nitrogens is 4. The molecule has 2 heterocycles. The number of H-pyrrole nitrogens is 1. The zero-order chi connectivity index (χ0) is 19.7. The molecule has 0 atom stereocenters. The standard InChI is InChI=1S/C21H20N6O/c1-13-18(14(2)27(3)26-13)12-22-25-21(28)20-11-19(23-24-20)17-9-8-15-6-4-5-7-16(15)10-17/h4-12H,1-3H3,(H,23,24)(H,25,28). The van der Waals surface area contributed by atoms with Crippen LogP contribution in [0.5, 0.6) is 0 Å². The summed E-state index contributed by atoms with van der Waals surface area (Å²) in [6, 6.07) is 15.9. The van der Waals surface area contributed by atoms with Gasteiger partial charge in [-0.2, -0.15) is 15.3 Å². The lowest BCUT2D eigenvalue weighted by Gasteiger charge is -2.00. The van der Waals surface area contributed by atoms with Crippen molar-refractivity contribution in [2.45, 2.75) is 13.8 Å². The lowest BCUT2D eigenvalue weighted by Crippen LogP contribution is -2.18. The van der Waals surface area contributed by atoms with Crippen LogP contribution < -0.4 is 5.43 Å². The molecule has 0 radical (unpaired) electrons. The fourth-order valence-electron chi connectivity index (χ4n) is 3.13. The number of amides is 1. The third kappa shape index (κ3) is 3.29. The van der Waals surface area contributed by atoms with Crippen LogP contribution in [-0.4, -0.2) is 32.1 Å². The van der Waals surface area contributed by atoms with Gasteiger partial charge < -0.3 is 0 Å². The summed E-state index contributed by atoms with van der Waals surface area (Å²) in [4.78, 5) is 12.4. The molecule has 2 aromatic heterocycles. The molecule has 2 aromatic carbocycles. The minimum Gasteiger partial charge on any atom is -0.272 e. The SMILES string of the molecule is Cc1nn(C)c(C)c1C=NNC(=O)c1cc(-c2ccc3ccccc3c2)n[nH]1. The molecule has 4 aromatic rings. The fraction of sp³-hybridized carbons (Fsp3) is 0.143. The maximum Gasteiger partial charge on any atom is 0.289 e. The molecule has 7 nitrogen and oxygen atoms in total. The zero-order valence-corrected chi connectivity index (χ0v) is 15.9. The van der Waals surface area contributed by atoms with Gasteiger partial charge in [-0.15, -0.1) is 0 Å². The van der Waals surface area contributed by atoms with Gasteiger partial charge in [0.25, 0.3) is 5.91 Å². The number of fused-ring (bicyclic) bond motifs is 1. The number of benzene rings is 2. The van der Waals surface area contributed by atoms with Gasteiger partial charge in [-0.05, 0) is 36.8 Å². The highest BCUT2D eigenvalue weighted by Gasteiger charge is 2.11. The fourth-order valence-corrected chi connectivity index (χ4v) is 3.13. The molecule has 4 rings (SSSR count). The van der Waals surface area contributed by atoms with Gasteiger partial charge in [0.1, 0.15) is 5.69 Å². The Hall–Kier alpha value is -3.74. The normalized spacial score (nSPS) is 11.4. The molecule has 0 spiro atoms. The minimum atomic E-state index is -0.352. The summed E-state index contributed by atoms with van der Waals surface area (Å²) in [7, 11) is 1.87. The third-order valence-electron chi connectivity index (χ3n) is 4.79. The molecule has 0 unspecified atom stereocenters. The molecule has 0 aliphatic heterocycles. The molecule has 28 heavy (non-hydrogen) atoms. The quantitative estimate of drug-likeness (QED) is 0.425. The molecule has 2 N–H and O–H groups in total. The largest absolute Gasteiger partial charge is 0.289 e. The van der Waals surface area contributed by atoms with Crippen LogP contribution in [0.1, 0.15) is 27.4 Å². The first-order valence-electron chi connectivity index (χ1n) is 8.91. The van der Waals surface area contributed by atoms with Crippen LogP contribution in [-0.2, 0) is 7.05 Å². The van der Waals surface area contributed by atoms with Crippen LogP contribution in [0.2, 0.25) is 0 Å². The van der Waals surface area contributed by atoms with Crippen molar-refractivity contribution in [1.82, 2.24) is 25.4 Å². The monoisotopic (exact) mass is 372 g/mol. The van der Waals surface area contributed by atoms with Gasteiger partial charge in [0.15, 0.2) is 0 Å². The van der Waals surface area contributed by atoms with Crippen molar-refractivity contribution in [3.05, 3.63) is 71.2 Å². The van der Waals surface area contributed by atoms with E-state index in [4.69, 9.17) is 0 Å². The highest BCUT2D eigenvalue weighted by Crippen LogP contribution is 2.23. The summed E-state index contributed by atoms with van der Waals surface area (Å²) < 4.78 is 1.78. The molecule has 0 aliphatic rings. The van der Waals surface area contributed by atoms with Gasteiger partial charge in [0.05, 0.1) is 17.6 Å². The molecular weight excluding hydrogens is 352 g/mol. The number of aryl methyl sites for hydroxylation is 2. The molecule has 0 aliphatic carbocycles. The molecule has 0 saturated carbocycles. The molecule has 1 amide bonds. The Morgan fingerprint density at radius 2 is 1.93 bits per heavy atom. The number of hydrazone groups is 1. The van der Waals surface area contributed by atoms with Crippen LogP contribution in [0, 0.1) is 13.8 Å². The number of nitrogens with one attached hydrogen (secondary N) is 2. The van der Waals surface area contributed by atoms with Crippen molar-refractivity contribution in [2.24, 2.45) is 12.1 Å². The average Bonchev–Trinajstić information content (AvgIpc) is 3.28. The van der Waals surface area contributed by atoms with Gasteiger partial charge in [-0.3, -0.25) is 14.6 Å². The maximum atomic E-state index is 12.4. The average molecular weight is 372 g/mol. The van der Waals surface area contributed by atoms with E-state index in [1.54, 1.807) is 17.0 Å². The molecule has 0 bridgehead atoms. The molecule has 0 fully saturated rings. The number of carbonyl (C=O) groups excluding carboxylic acids is 1. The summed E-state index contributed by atoms with van der Waals surface area (Å²) in [6.07, 6.45) is 1.61. The molecular formula is C21H20N6O. The second kappa shape index (κ2) is 7.11. The first-order valence-corrected chi connectivity index (χ1v) is 8.91. The second-order valence-corrected chi connectivity index (χ2v) is 6.64. The zero-order valence-electron chi connectivity index (χ0n) is 15.9. The van der Waals surface area contributed by atoms with Crippen LogP contribution in [0.4, 0.5) is 0 Å². The Kier molecular flexibility index (Phi) is 4.49. The van der Waals surface area contributed by atoms with E-state index in [1.165, 1.54) is 0 Å². The second-order valence-electron chi connectivity index (χ2n) is 6.64. The van der Waals surface area contributed by atoms with E-state index in [-0.39, 0.29) is 5.91 Å². The van der Waals surface area contributed by atoms with E-state index in [1.807, 2.05) is 45.2 Å². The Labute approximate surface area is 162 Å². The predicted octanol–water partition coefficient (Wildman–Crippen LogP) is 3.34. The van der Waals surface area contributed by atoms with Crippen molar-refractivity contribution in [1.29, 1.82) is 0 Å². The van der Waals surface area contributed by atoms with Gasteiger partial charge in [-0.25, -0.2) is 5.43 Å². The van der Waals surface area contributed by atoms with Crippen molar-refractivity contribution in [2.75, 3.05) is 0 Å². The van der Waals surface area contributed by atoms with E-state index >= 15 is 0 Å². The van der Waals surface area contributed by atoms with Crippen molar-refractivity contribution >= 4 is 22.9 Å². The number of nitrogens with zero attached hydrogens (tertiary/aromatic N) is 4. The van der Waals surface area contributed by atoms with E-state index in [9.17, 15) is 4.79 Å². The van der Waals surface area contributed by atoms with Gasteiger partial charge in [-0.1, -0.05) is 36.4 Å². The first kappa shape index (κ1) is 17.7. The van der Waals surface area contributed by atoms with Crippen molar-refractivity contribution in [3.63, 3.8) is 0 Å². The van der Waals surface area contributed by atoms with Crippen molar-refractivity contribution in [3.8, 4) is 11.3 Å². The summed E-state index contributed by atoms with van der Waals surface area (Å²) >= 11 is 0. The van der Waals surface area contributed by atoms with Crippen LogP contribution >= 0.6 is 0 Å².